The zero-order valence-corrected chi connectivity index (χ0v) is 12.0. The fraction of sp³-hybridized carbons (Fsp3) is 0.467. The molecule has 5 nitrogen and oxygen atoms in total. The molecular formula is C15H20N2O3. The van der Waals surface area contributed by atoms with Crippen LogP contribution in [0.15, 0.2) is 18.2 Å². The van der Waals surface area contributed by atoms with Gasteiger partial charge in [0, 0.05) is 17.8 Å². The fourth-order valence-electron chi connectivity index (χ4n) is 2.30. The number of methoxy groups -OCH3 is 1. The summed E-state index contributed by atoms with van der Waals surface area (Å²) in [6.45, 7) is 4.64. The summed E-state index contributed by atoms with van der Waals surface area (Å²) in [5.41, 5.74) is 2.79. The Morgan fingerprint density at radius 1 is 1.35 bits per heavy atom. The van der Waals surface area contributed by atoms with E-state index in [1.54, 1.807) is 6.07 Å². The quantitative estimate of drug-likeness (QED) is 0.819. The van der Waals surface area contributed by atoms with Gasteiger partial charge in [0.05, 0.1) is 7.11 Å². The molecule has 0 bridgehead atoms. The standard InChI is InChI=1S/C15H20N2O3/c1-9(2)13(15(19)20-3)17-14(18)11-4-5-12-10(8-11)6-7-16-12/h4-5,8-9,13,16H,6-7H2,1-3H3,(H,17,18)/t13-/m0/s1. The van der Waals surface area contributed by atoms with Crippen molar-refractivity contribution in [1.82, 2.24) is 5.32 Å². The minimum atomic E-state index is -0.626. The van der Waals surface area contributed by atoms with E-state index in [1.807, 2.05) is 26.0 Å². The normalized spacial score (nSPS) is 14.4. The topological polar surface area (TPSA) is 67.4 Å². The first-order valence-corrected chi connectivity index (χ1v) is 6.78. The number of rotatable bonds is 4. The van der Waals surface area contributed by atoms with Crippen molar-refractivity contribution in [1.29, 1.82) is 0 Å². The Bertz CT molecular complexity index is 526. The van der Waals surface area contributed by atoms with E-state index >= 15 is 0 Å². The highest BCUT2D eigenvalue weighted by molar-refractivity contribution is 5.97. The van der Waals surface area contributed by atoms with Gasteiger partial charge in [-0.3, -0.25) is 4.79 Å². The minimum Gasteiger partial charge on any atom is -0.467 e. The van der Waals surface area contributed by atoms with Crippen LogP contribution in [0.4, 0.5) is 5.69 Å². The number of nitrogens with one attached hydrogen (secondary N) is 2. The molecule has 0 aromatic heterocycles. The Morgan fingerprint density at radius 3 is 2.75 bits per heavy atom. The Labute approximate surface area is 118 Å². The lowest BCUT2D eigenvalue weighted by Crippen LogP contribution is -2.45. The van der Waals surface area contributed by atoms with Gasteiger partial charge in [-0.05, 0) is 36.1 Å². The molecule has 1 aliphatic rings. The van der Waals surface area contributed by atoms with Crippen LogP contribution in [0, 0.1) is 5.92 Å². The summed E-state index contributed by atoms with van der Waals surface area (Å²) >= 11 is 0. The monoisotopic (exact) mass is 276 g/mol. The van der Waals surface area contributed by atoms with Crippen molar-refractivity contribution < 1.29 is 14.3 Å². The van der Waals surface area contributed by atoms with Crippen LogP contribution in [-0.2, 0) is 16.0 Å². The van der Waals surface area contributed by atoms with Gasteiger partial charge in [-0.2, -0.15) is 0 Å². The van der Waals surface area contributed by atoms with Crippen LogP contribution >= 0.6 is 0 Å². The lowest BCUT2D eigenvalue weighted by Gasteiger charge is -2.20. The molecule has 0 unspecified atom stereocenters. The van der Waals surface area contributed by atoms with Crippen molar-refractivity contribution in [2.45, 2.75) is 26.3 Å². The van der Waals surface area contributed by atoms with Crippen molar-refractivity contribution in [3.05, 3.63) is 29.3 Å². The molecule has 5 heteroatoms. The zero-order chi connectivity index (χ0) is 14.7. The van der Waals surface area contributed by atoms with Gasteiger partial charge in [-0.15, -0.1) is 0 Å². The Hall–Kier alpha value is -2.04. The second-order valence-electron chi connectivity index (χ2n) is 5.27. The predicted octanol–water partition coefficient (Wildman–Crippen LogP) is 1.58. The SMILES string of the molecule is COC(=O)[C@@H](NC(=O)c1ccc2c(c1)CCN2)C(C)C. The van der Waals surface area contributed by atoms with Crippen LogP contribution in [0.3, 0.4) is 0 Å². The number of esters is 1. The molecule has 0 saturated heterocycles. The summed E-state index contributed by atoms with van der Waals surface area (Å²) in [6, 6.07) is 4.92. The number of carbonyl (C=O) groups excluding carboxylic acids is 2. The summed E-state index contributed by atoms with van der Waals surface area (Å²) < 4.78 is 4.72. The van der Waals surface area contributed by atoms with Crippen LogP contribution < -0.4 is 10.6 Å². The van der Waals surface area contributed by atoms with Gasteiger partial charge in [0.15, 0.2) is 0 Å². The van der Waals surface area contributed by atoms with E-state index < -0.39 is 12.0 Å². The van der Waals surface area contributed by atoms with E-state index in [-0.39, 0.29) is 11.8 Å². The fourth-order valence-corrected chi connectivity index (χ4v) is 2.30. The van der Waals surface area contributed by atoms with Crippen LogP contribution in [0.2, 0.25) is 0 Å². The number of benzene rings is 1. The number of ether oxygens (including phenoxy) is 1. The van der Waals surface area contributed by atoms with E-state index in [9.17, 15) is 9.59 Å². The van der Waals surface area contributed by atoms with E-state index in [1.165, 1.54) is 7.11 Å². The molecule has 1 aromatic rings. The average molecular weight is 276 g/mol. The molecule has 0 spiro atoms. The van der Waals surface area contributed by atoms with Gasteiger partial charge in [0.25, 0.3) is 5.91 Å². The molecule has 0 saturated carbocycles. The molecule has 1 atom stereocenters. The van der Waals surface area contributed by atoms with Gasteiger partial charge in [-0.25, -0.2) is 4.79 Å². The highest BCUT2D eigenvalue weighted by Crippen LogP contribution is 2.23. The molecule has 20 heavy (non-hydrogen) atoms. The molecular weight excluding hydrogens is 256 g/mol. The third-order valence-corrected chi connectivity index (χ3v) is 3.49. The largest absolute Gasteiger partial charge is 0.467 e. The number of carbonyl (C=O) groups is 2. The van der Waals surface area contributed by atoms with Gasteiger partial charge in [0.2, 0.25) is 0 Å². The smallest absolute Gasteiger partial charge is 0.328 e. The average Bonchev–Trinajstić information content (AvgIpc) is 2.90. The third-order valence-electron chi connectivity index (χ3n) is 3.49. The van der Waals surface area contributed by atoms with Gasteiger partial charge in [0.1, 0.15) is 6.04 Å². The maximum Gasteiger partial charge on any atom is 0.328 e. The molecule has 1 amide bonds. The summed E-state index contributed by atoms with van der Waals surface area (Å²) in [5.74, 6) is -0.692. The number of hydrogen-bond acceptors (Lipinski definition) is 4. The first-order valence-electron chi connectivity index (χ1n) is 6.78. The van der Waals surface area contributed by atoms with Crippen LogP contribution in [0.5, 0.6) is 0 Å². The van der Waals surface area contributed by atoms with Crippen LogP contribution in [0.25, 0.3) is 0 Å². The number of anilines is 1. The van der Waals surface area contributed by atoms with E-state index in [0.717, 1.165) is 24.2 Å². The lowest BCUT2D eigenvalue weighted by molar-refractivity contribution is -0.144. The summed E-state index contributed by atoms with van der Waals surface area (Å²) in [7, 11) is 1.32. The van der Waals surface area contributed by atoms with Crippen molar-refractivity contribution in [3.8, 4) is 0 Å². The van der Waals surface area contributed by atoms with Crippen molar-refractivity contribution in [3.63, 3.8) is 0 Å². The summed E-state index contributed by atoms with van der Waals surface area (Å²) in [4.78, 5) is 23.9. The Balaban J connectivity index is 2.12. The molecule has 0 fully saturated rings. The van der Waals surface area contributed by atoms with E-state index in [4.69, 9.17) is 4.74 Å². The zero-order valence-electron chi connectivity index (χ0n) is 12.0. The molecule has 108 valence electrons. The molecule has 1 heterocycles. The summed E-state index contributed by atoms with van der Waals surface area (Å²) in [6.07, 6.45) is 0.918. The van der Waals surface area contributed by atoms with Crippen LogP contribution in [0.1, 0.15) is 29.8 Å². The van der Waals surface area contributed by atoms with Crippen molar-refractivity contribution in [2.24, 2.45) is 5.92 Å². The first-order chi connectivity index (χ1) is 9.52. The van der Waals surface area contributed by atoms with Gasteiger partial charge >= 0.3 is 5.97 Å². The Kier molecular flexibility index (Phi) is 4.27. The maximum absolute atomic E-state index is 12.2. The molecule has 1 aliphatic heterocycles. The first kappa shape index (κ1) is 14.4. The second kappa shape index (κ2) is 5.94. The molecule has 0 radical (unpaired) electrons. The van der Waals surface area contributed by atoms with Crippen LogP contribution in [-0.4, -0.2) is 31.6 Å². The van der Waals surface area contributed by atoms with Gasteiger partial charge in [-0.1, -0.05) is 13.8 Å². The van der Waals surface area contributed by atoms with E-state index in [0.29, 0.717) is 5.56 Å². The highest BCUT2D eigenvalue weighted by atomic mass is 16.5. The highest BCUT2D eigenvalue weighted by Gasteiger charge is 2.25. The van der Waals surface area contributed by atoms with Crippen molar-refractivity contribution in [2.75, 3.05) is 19.0 Å². The molecule has 0 aliphatic carbocycles. The summed E-state index contributed by atoms with van der Waals surface area (Å²) in [5, 5.41) is 5.99. The molecule has 1 aromatic carbocycles. The lowest BCUT2D eigenvalue weighted by atomic mass is 10.0. The van der Waals surface area contributed by atoms with Crippen molar-refractivity contribution >= 4 is 17.6 Å². The maximum atomic E-state index is 12.2. The Morgan fingerprint density at radius 2 is 2.10 bits per heavy atom. The third kappa shape index (κ3) is 2.92. The van der Waals surface area contributed by atoms with E-state index in [2.05, 4.69) is 10.6 Å². The number of amides is 1. The predicted molar refractivity (Wildman–Crippen MR) is 76.7 cm³/mol. The molecule has 2 N–H and O–H groups in total. The van der Waals surface area contributed by atoms with Gasteiger partial charge < -0.3 is 15.4 Å². The minimum absolute atomic E-state index is 0.0255. The number of fused-ring (bicyclic) bond motifs is 1. The molecule has 2 rings (SSSR count). The number of hydrogen-bond donors (Lipinski definition) is 2. The second-order valence-corrected chi connectivity index (χ2v) is 5.27.